The Balaban J connectivity index is 1.52. The van der Waals surface area contributed by atoms with Crippen LogP contribution in [0.5, 0.6) is 0 Å². The summed E-state index contributed by atoms with van der Waals surface area (Å²) < 4.78 is 37.1. The summed E-state index contributed by atoms with van der Waals surface area (Å²) in [6.45, 7) is 1.33. The summed E-state index contributed by atoms with van der Waals surface area (Å²) in [5.41, 5.74) is 2.33. The molecule has 1 aliphatic rings. The van der Waals surface area contributed by atoms with Crippen molar-refractivity contribution in [3.63, 3.8) is 0 Å². The lowest BCUT2D eigenvalue weighted by atomic mass is 10.0. The van der Waals surface area contributed by atoms with Crippen LogP contribution in [0, 0.1) is 18.6 Å². The zero-order valence-electron chi connectivity index (χ0n) is 16.5. The number of ether oxygens (including phenoxy) is 1. The first-order valence-electron chi connectivity index (χ1n) is 9.54. The maximum absolute atomic E-state index is 13.3. The lowest BCUT2D eigenvalue weighted by Gasteiger charge is -2.19. The number of carbonyl (C=O) groups excluding carboxylic acids is 2. The van der Waals surface area contributed by atoms with E-state index < -0.39 is 36.2 Å². The Hall–Kier alpha value is -3.81. The third-order valence-corrected chi connectivity index (χ3v) is 4.85. The van der Waals surface area contributed by atoms with Crippen LogP contribution in [-0.4, -0.2) is 29.2 Å². The Bertz CT molecular complexity index is 1120. The summed E-state index contributed by atoms with van der Waals surface area (Å²) in [4.78, 5) is 24.9. The van der Waals surface area contributed by atoms with Gasteiger partial charge in [-0.1, -0.05) is 29.8 Å². The number of furan rings is 1. The minimum absolute atomic E-state index is 0.321. The number of hydrazone groups is 1. The van der Waals surface area contributed by atoms with Crippen molar-refractivity contribution in [1.29, 1.82) is 0 Å². The maximum Gasteiger partial charge on any atom is 0.338 e. The number of amides is 1. The van der Waals surface area contributed by atoms with E-state index in [0.717, 1.165) is 23.3 Å². The van der Waals surface area contributed by atoms with Crippen LogP contribution in [0.1, 0.15) is 39.7 Å². The van der Waals surface area contributed by atoms with E-state index in [2.05, 4.69) is 5.10 Å². The van der Waals surface area contributed by atoms with Crippen LogP contribution < -0.4 is 0 Å². The number of carbonyl (C=O) groups is 2. The van der Waals surface area contributed by atoms with E-state index in [0.29, 0.717) is 24.0 Å². The van der Waals surface area contributed by atoms with Crippen LogP contribution in [0.3, 0.4) is 0 Å². The van der Waals surface area contributed by atoms with Crippen molar-refractivity contribution in [2.45, 2.75) is 19.4 Å². The number of rotatable bonds is 5. The second-order valence-electron chi connectivity index (χ2n) is 7.12. The first-order chi connectivity index (χ1) is 14.9. The fraction of sp³-hybridized carbons (Fsp3) is 0.174. The third-order valence-electron chi connectivity index (χ3n) is 4.85. The van der Waals surface area contributed by atoms with Crippen LogP contribution in [0.25, 0.3) is 0 Å². The lowest BCUT2D eigenvalue weighted by Crippen LogP contribution is -2.31. The fourth-order valence-corrected chi connectivity index (χ4v) is 3.31. The van der Waals surface area contributed by atoms with Crippen LogP contribution in [0.15, 0.2) is 70.4 Å². The van der Waals surface area contributed by atoms with Crippen LogP contribution in [-0.2, 0) is 9.53 Å². The first-order valence-corrected chi connectivity index (χ1v) is 9.54. The molecule has 2 heterocycles. The molecule has 0 radical (unpaired) electrons. The highest BCUT2D eigenvalue weighted by atomic mass is 19.1. The molecule has 0 bridgehead atoms. The lowest BCUT2D eigenvalue weighted by molar-refractivity contribution is -0.136. The van der Waals surface area contributed by atoms with Crippen molar-refractivity contribution < 1.29 is 27.5 Å². The van der Waals surface area contributed by atoms with Crippen molar-refractivity contribution >= 4 is 17.6 Å². The first kappa shape index (κ1) is 20.5. The Labute approximate surface area is 176 Å². The number of esters is 1. The van der Waals surface area contributed by atoms with E-state index in [1.54, 1.807) is 12.1 Å². The quantitative estimate of drug-likeness (QED) is 0.569. The molecule has 0 aliphatic carbocycles. The van der Waals surface area contributed by atoms with E-state index in [9.17, 15) is 18.4 Å². The van der Waals surface area contributed by atoms with Crippen LogP contribution >= 0.6 is 0 Å². The minimum Gasteiger partial charge on any atom is -0.467 e. The monoisotopic (exact) mass is 424 g/mol. The minimum atomic E-state index is -1.01. The van der Waals surface area contributed by atoms with Gasteiger partial charge in [0.25, 0.3) is 5.91 Å². The molecule has 0 saturated carbocycles. The molecule has 1 aromatic heterocycles. The number of halogens is 2. The molecular formula is C23H18F2N2O4. The van der Waals surface area contributed by atoms with Gasteiger partial charge < -0.3 is 9.15 Å². The van der Waals surface area contributed by atoms with Gasteiger partial charge in [-0.2, -0.15) is 5.10 Å². The molecular weight excluding hydrogens is 406 g/mol. The smallest absolute Gasteiger partial charge is 0.338 e. The molecule has 0 saturated heterocycles. The number of benzene rings is 2. The van der Waals surface area contributed by atoms with Crippen molar-refractivity contribution in [2.75, 3.05) is 6.61 Å². The summed E-state index contributed by atoms with van der Waals surface area (Å²) in [5.74, 6) is -2.89. The predicted octanol–water partition coefficient (Wildman–Crippen LogP) is 4.40. The summed E-state index contributed by atoms with van der Waals surface area (Å²) in [6.07, 6.45) is 1.92. The zero-order valence-corrected chi connectivity index (χ0v) is 16.5. The summed E-state index contributed by atoms with van der Waals surface area (Å²) >= 11 is 0. The highest BCUT2D eigenvalue weighted by Gasteiger charge is 2.35. The molecule has 4 rings (SSSR count). The average molecular weight is 424 g/mol. The van der Waals surface area contributed by atoms with Crippen LogP contribution in [0.4, 0.5) is 8.78 Å². The molecule has 158 valence electrons. The molecule has 8 heteroatoms. The molecule has 2 aromatic carbocycles. The Morgan fingerprint density at radius 2 is 1.84 bits per heavy atom. The second-order valence-corrected chi connectivity index (χ2v) is 7.12. The van der Waals surface area contributed by atoms with Crippen molar-refractivity contribution in [1.82, 2.24) is 5.01 Å². The van der Waals surface area contributed by atoms with Crippen molar-refractivity contribution in [2.24, 2.45) is 5.10 Å². The molecule has 1 aliphatic heterocycles. The summed E-state index contributed by atoms with van der Waals surface area (Å²) in [5, 5.41) is 5.65. The van der Waals surface area contributed by atoms with E-state index in [-0.39, 0.29) is 5.56 Å². The van der Waals surface area contributed by atoms with Gasteiger partial charge in [-0.15, -0.1) is 0 Å². The Kier molecular flexibility index (Phi) is 5.62. The molecule has 6 nitrogen and oxygen atoms in total. The van der Waals surface area contributed by atoms with Gasteiger partial charge in [0.05, 0.1) is 17.5 Å². The van der Waals surface area contributed by atoms with E-state index >= 15 is 0 Å². The molecule has 3 aromatic rings. The normalized spacial score (nSPS) is 15.6. The highest BCUT2D eigenvalue weighted by Crippen LogP contribution is 2.33. The number of aryl methyl sites for hydroxylation is 1. The number of nitrogens with zero attached hydrogens (tertiary/aromatic N) is 2. The molecule has 0 fully saturated rings. The van der Waals surface area contributed by atoms with E-state index in [1.807, 2.05) is 31.2 Å². The number of hydrogen-bond acceptors (Lipinski definition) is 5. The molecule has 31 heavy (non-hydrogen) atoms. The fourth-order valence-electron chi connectivity index (χ4n) is 3.31. The average Bonchev–Trinajstić information content (AvgIpc) is 3.41. The molecule has 1 amide bonds. The molecule has 1 unspecified atom stereocenters. The molecule has 0 spiro atoms. The maximum atomic E-state index is 13.3. The standard InChI is InChI=1S/C23H18F2N2O4/c1-14-4-6-15(7-5-14)19-12-20(21-3-2-8-30-21)27(26-19)22(28)13-31-23(29)16-9-17(24)11-18(25)10-16/h2-11,20H,12-13H2,1H3. The molecule has 0 N–H and O–H groups in total. The SMILES string of the molecule is Cc1ccc(C2=NN(C(=O)COC(=O)c3cc(F)cc(F)c3)C(c3ccco3)C2)cc1. The second kappa shape index (κ2) is 8.51. The van der Waals surface area contributed by atoms with Gasteiger partial charge >= 0.3 is 5.97 Å². The molecule has 1 atom stereocenters. The third kappa shape index (κ3) is 4.53. The van der Waals surface area contributed by atoms with E-state index in [1.165, 1.54) is 11.3 Å². The largest absolute Gasteiger partial charge is 0.467 e. The highest BCUT2D eigenvalue weighted by molar-refractivity contribution is 6.03. The summed E-state index contributed by atoms with van der Waals surface area (Å²) in [7, 11) is 0. The summed E-state index contributed by atoms with van der Waals surface area (Å²) in [6, 6.07) is 13.0. The number of hydrogen-bond donors (Lipinski definition) is 0. The van der Waals surface area contributed by atoms with Gasteiger partial charge in [0.1, 0.15) is 23.4 Å². The van der Waals surface area contributed by atoms with Gasteiger partial charge in [0.2, 0.25) is 0 Å². The Morgan fingerprint density at radius 1 is 1.13 bits per heavy atom. The van der Waals surface area contributed by atoms with Crippen molar-refractivity contribution in [3.05, 3.63) is 94.9 Å². The van der Waals surface area contributed by atoms with Gasteiger partial charge in [0, 0.05) is 12.5 Å². The van der Waals surface area contributed by atoms with Crippen molar-refractivity contribution in [3.8, 4) is 0 Å². The predicted molar refractivity (Wildman–Crippen MR) is 107 cm³/mol. The van der Waals surface area contributed by atoms with Gasteiger partial charge in [0.15, 0.2) is 6.61 Å². The zero-order chi connectivity index (χ0) is 22.0. The Morgan fingerprint density at radius 3 is 2.48 bits per heavy atom. The van der Waals surface area contributed by atoms with Gasteiger partial charge in [-0.3, -0.25) is 4.79 Å². The van der Waals surface area contributed by atoms with Gasteiger partial charge in [-0.05, 0) is 36.8 Å². The topological polar surface area (TPSA) is 72.1 Å². The van der Waals surface area contributed by atoms with Gasteiger partial charge in [-0.25, -0.2) is 18.6 Å². The van der Waals surface area contributed by atoms with Crippen LogP contribution in [0.2, 0.25) is 0 Å². The van der Waals surface area contributed by atoms with E-state index in [4.69, 9.17) is 9.15 Å².